The fourth-order valence-electron chi connectivity index (χ4n) is 3.19. The summed E-state index contributed by atoms with van der Waals surface area (Å²) in [4.78, 5) is 31.0. The Balaban J connectivity index is 1.69. The second kappa shape index (κ2) is 8.40. The molecule has 0 atom stereocenters. The van der Waals surface area contributed by atoms with E-state index in [1.807, 2.05) is 38.1 Å². The van der Waals surface area contributed by atoms with Gasteiger partial charge in [-0.2, -0.15) is 0 Å². The van der Waals surface area contributed by atoms with Crippen LogP contribution in [0.5, 0.6) is 0 Å². The third kappa shape index (κ3) is 4.49. The number of aryl methyl sites for hydroxylation is 2. The molecule has 0 fully saturated rings. The summed E-state index contributed by atoms with van der Waals surface area (Å²) in [6.07, 6.45) is 0.205. The number of amides is 2. The van der Waals surface area contributed by atoms with Gasteiger partial charge < -0.3 is 10.2 Å². The number of likely N-dealkylation sites (N-methyl/N-ethyl adjacent to an activating group) is 1. The largest absolute Gasteiger partial charge is 0.336 e. The number of halogens is 1. The van der Waals surface area contributed by atoms with Gasteiger partial charge in [-0.15, -0.1) is 0 Å². The van der Waals surface area contributed by atoms with E-state index in [1.54, 1.807) is 31.3 Å². The van der Waals surface area contributed by atoms with Crippen molar-refractivity contribution < 1.29 is 9.59 Å². The Labute approximate surface area is 169 Å². The number of benzene rings is 2. The molecule has 0 aliphatic carbocycles. The lowest BCUT2D eigenvalue weighted by atomic mass is 9.99. The van der Waals surface area contributed by atoms with E-state index in [2.05, 4.69) is 10.3 Å². The maximum atomic E-state index is 12.7. The monoisotopic (exact) mass is 395 g/mol. The van der Waals surface area contributed by atoms with Crippen molar-refractivity contribution in [2.45, 2.75) is 20.3 Å². The highest BCUT2D eigenvalue weighted by atomic mass is 35.5. The van der Waals surface area contributed by atoms with Crippen molar-refractivity contribution in [1.82, 2.24) is 9.88 Å². The number of hydrogen-bond donors (Lipinski definition) is 1. The molecule has 1 heterocycles. The number of rotatable bonds is 5. The number of hydrogen-bond acceptors (Lipinski definition) is 3. The van der Waals surface area contributed by atoms with Gasteiger partial charge in [0, 0.05) is 28.8 Å². The minimum atomic E-state index is -0.275. The van der Waals surface area contributed by atoms with Crippen LogP contribution in [0.15, 0.2) is 48.5 Å². The van der Waals surface area contributed by atoms with Crippen LogP contribution in [0.2, 0.25) is 5.02 Å². The number of carbonyl (C=O) groups excluding carboxylic acids is 2. The van der Waals surface area contributed by atoms with E-state index in [0.717, 1.165) is 27.7 Å². The fraction of sp³-hybridized carbons (Fsp3) is 0.227. The molecule has 5 nitrogen and oxygen atoms in total. The van der Waals surface area contributed by atoms with Gasteiger partial charge in [-0.05, 0) is 49.2 Å². The molecule has 0 radical (unpaired) electrons. The van der Waals surface area contributed by atoms with Crippen molar-refractivity contribution >= 4 is 40.0 Å². The molecule has 0 bridgehead atoms. The second-order valence-corrected chi connectivity index (χ2v) is 7.24. The quantitative estimate of drug-likeness (QED) is 0.706. The van der Waals surface area contributed by atoms with Crippen LogP contribution in [-0.4, -0.2) is 35.3 Å². The van der Waals surface area contributed by atoms with Crippen LogP contribution in [0.3, 0.4) is 0 Å². The number of anilines is 1. The molecule has 28 heavy (non-hydrogen) atoms. The SMILES string of the molecule is Cc1nc2ccccc2c(C)c1CC(=O)N(C)CC(=O)Nc1cccc(Cl)c1. The van der Waals surface area contributed by atoms with Gasteiger partial charge >= 0.3 is 0 Å². The van der Waals surface area contributed by atoms with Crippen molar-refractivity contribution in [3.63, 3.8) is 0 Å². The Hall–Kier alpha value is -2.92. The van der Waals surface area contributed by atoms with Crippen LogP contribution in [-0.2, 0) is 16.0 Å². The Morgan fingerprint density at radius 2 is 1.86 bits per heavy atom. The molecule has 0 aliphatic rings. The van der Waals surface area contributed by atoms with Gasteiger partial charge in [0.15, 0.2) is 0 Å². The molecule has 0 unspecified atom stereocenters. The van der Waals surface area contributed by atoms with Gasteiger partial charge in [-0.25, -0.2) is 0 Å². The lowest BCUT2D eigenvalue weighted by molar-refractivity contribution is -0.132. The Morgan fingerprint density at radius 1 is 1.11 bits per heavy atom. The van der Waals surface area contributed by atoms with E-state index in [1.165, 1.54) is 4.90 Å². The first-order valence-electron chi connectivity index (χ1n) is 8.99. The average Bonchev–Trinajstić information content (AvgIpc) is 2.64. The van der Waals surface area contributed by atoms with Gasteiger partial charge in [0.05, 0.1) is 18.5 Å². The Morgan fingerprint density at radius 3 is 2.61 bits per heavy atom. The second-order valence-electron chi connectivity index (χ2n) is 6.80. The normalized spacial score (nSPS) is 10.7. The summed E-state index contributed by atoms with van der Waals surface area (Å²) in [5.41, 5.74) is 4.31. The van der Waals surface area contributed by atoms with Gasteiger partial charge in [0.25, 0.3) is 0 Å². The van der Waals surface area contributed by atoms with Crippen molar-refractivity contribution in [2.75, 3.05) is 18.9 Å². The predicted octanol–water partition coefficient (Wildman–Crippen LogP) is 4.14. The van der Waals surface area contributed by atoms with Crippen LogP contribution in [0.25, 0.3) is 10.9 Å². The maximum Gasteiger partial charge on any atom is 0.243 e. The molecular formula is C22H22ClN3O2. The van der Waals surface area contributed by atoms with Gasteiger partial charge in [-0.1, -0.05) is 35.9 Å². The molecule has 144 valence electrons. The van der Waals surface area contributed by atoms with E-state index in [-0.39, 0.29) is 24.8 Å². The highest BCUT2D eigenvalue weighted by Crippen LogP contribution is 2.23. The summed E-state index contributed by atoms with van der Waals surface area (Å²) in [5, 5.41) is 4.33. The summed E-state index contributed by atoms with van der Waals surface area (Å²) < 4.78 is 0. The van der Waals surface area contributed by atoms with Crippen molar-refractivity contribution in [3.05, 3.63) is 70.4 Å². The summed E-state index contributed by atoms with van der Waals surface area (Å²) in [5.74, 6) is -0.410. The smallest absolute Gasteiger partial charge is 0.243 e. The zero-order chi connectivity index (χ0) is 20.3. The fourth-order valence-corrected chi connectivity index (χ4v) is 3.38. The molecular weight excluding hydrogens is 374 g/mol. The van der Waals surface area contributed by atoms with Crippen LogP contribution in [0.4, 0.5) is 5.69 Å². The molecule has 0 saturated heterocycles. The zero-order valence-corrected chi connectivity index (χ0v) is 16.9. The van der Waals surface area contributed by atoms with Gasteiger partial charge in [-0.3, -0.25) is 14.6 Å². The molecule has 0 spiro atoms. The standard InChI is InChI=1S/C22H22ClN3O2/c1-14-18-9-4-5-10-20(18)24-15(2)19(14)12-22(28)26(3)13-21(27)25-17-8-6-7-16(23)11-17/h4-11H,12-13H2,1-3H3,(H,25,27). The van der Waals surface area contributed by atoms with Crippen LogP contribution in [0.1, 0.15) is 16.8 Å². The minimum Gasteiger partial charge on any atom is -0.336 e. The molecule has 0 saturated carbocycles. The highest BCUT2D eigenvalue weighted by molar-refractivity contribution is 6.30. The van der Waals surface area contributed by atoms with Crippen LogP contribution >= 0.6 is 11.6 Å². The molecule has 2 aromatic carbocycles. The van der Waals surface area contributed by atoms with Crippen LogP contribution < -0.4 is 5.32 Å². The predicted molar refractivity (Wildman–Crippen MR) is 113 cm³/mol. The van der Waals surface area contributed by atoms with E-state index in [0.29, 0.717) is 10.7 Å². The maximum absolute atomic E-state index is 12.7. The Kier molecular flexibility index (Phi) is 5.95. The Bertz CT molecular complexity index is 1050. The summed E-state index contributed by atoms with van der Waals surface area (Å²) in [6.45, 7) is 3.88. The number of pyridine rings is 1. The first kappa shape index (κ1) is 19.8. The van der Waals surface area contributed by atoms with Gasteiger partial charge in [0.1, 0.15) is 0 Å². The highest BCUT2D eigenvalue weighted by Gasteiger charge is 2.17. The summed E-state index contributed by atoms with van der Waals surface area (Å²) in [6, 6.07) is 14.8. The van der Waals surface area contributed by atoms with Crippen molar-refractivity contribution in [2.24, 2.45) is 0 Å². The van der Waals surface area contributed by atoms with E-state index >= 15 is 0 Å². The number of aromatic nitrogens is 1. The number of nitrogens with one attached hydrogen (secondary N) is 1. The van der Waals surface area contributed by atoms with E-state index in [9.17, 15) is 9.59 Å². The minimum absolute atomic E-state index is 0.0373. The first-order valence-corrected chi connectivity index (χ1v) is 9.37. The number of fused-ring (bicyclic) bond motifs is 1. The third-order valence-electron chi connectivity index (χ3n) is 4.73. The zero-order valence-electron chi connectivity index (χ0n) is 16.1. The molecule has 1 N–H and O–H groups in total. The lowest BCUT2D eigenvalue weighted by Gasteiger charge is -2.19. The van der Waals surface area contributed by atoms with Crippen molar-refractivity contribution in [3.8, 4) is 0 Å². The number of carbonyl (C=O) groups is 2. The van der Waals surface area contributed by atoms with Crippen LogP contribution in [0, 0.1) is 13.8 Å². The molecule has 1 aromatic heterocycles. The van der Waals surface area contributed by atoms with E-state index in [4.69, 9.17) is 11.6 Å². The molecule has 3 aromatic rings. The third-order valence-corrected chi connectivity index (χ3v) is 4.96. The molecule has 0 aliphatic heterocycles. The molecule has 2 amide bonds. The number of nitrogens with zero attached hydrogens (tertiary/aromatic N) is 2. The first-order chi connectivity index (χ1) is 13.3. The lowest BCUT2D eigenvalue weighted by Crippen LogP contribution is -2.36. The van der Waals surface area contributed by atoms with Crippen molar-refractivity contribution in [1.29, 1.82) is 0 Å². The van der Waals surface area contributed by atoms with Gasteiger partial charge in [0.2, 0.25) is 11.8 Å². The topological polar surface area (TPSA) is 62.3 Å². The summed E-state index contributed by atoms with van der Waals surface area (Å²) in [7, 11) is 1.62. The summed E-state index contributed by atoms with van der Waals surface area (Å²) >= 11 is 5.92. The molecule has 3 rings (SSSR count). The van der Waals surface area contributed by atoms with E-state index < -0.39 is 0 Å². The molecule has 6 heteroatoms. The number of para-hydroxylation sites is 1. The average molecular weight is 396 g/mol.